The number of hydrogen-bond acceptors (Lipinski definition) is 9. The lowest BCUT2D eigenvalue weighted by Gasteiger charge is -2.11. The summed E-state index contributed by atoms with van der Waals surface area (Å²) < 4.78 is 33.2. The van der Waals surface area contributed by atoms with Crippen molar-refractivity contribution >= 4 is 61.4 Å². The Morgan fingerprint density at radius 2 is 1.65 bits per heavy atom. The summed E-state index contributed by atoms with van der Waals surface area (Å²) in [6, 6.07) is 24.3. The Morgan fingerprint density at radius 1 is 0.977 bits per heavy atom. The predicted molar refractivity (Wildman–Crippen MR) is 169 cm³/mol. The van der Waals surface area contributed by atoms with Crippen molar-refractivity contribution in [3.8, 4) is 16.8 Å². The van der Waals surface area contributed by atoms with Gasteiger partial charge in [0.05, 0.1) is 17.3 Å². The molecule has 5 aromatic rings. The van der Waals surface area contributed by atoms with Crippen LogP contribution in [0.2, 0.25) is 5.02 Å². The summed E-state index contributed by atoms with van der Waals surface area (Å²) in [7, 11) is -3.70. The van der Waals surface area contributed by atoms with Crippen molar-refractivity contribution in [2.45, 2.75) is 22.7 Å². The van der Waals surface area contributed by atoms with Gasteiger partial charge in [0.2, 0.25) is 5.91 Å². The van der Waals surface area contributed by atoms with E-state index in [0.29, 0.717) is 26.4 Å². The molecule has 0 fully saturated rings. The van der Waals surface area contributed by atoms with Gasteiger partial charge in [-0.05, 0) is 48.9 Å². The number of sulfone groups is 1. The van der Waals surface area contributed by atoms with Crippen LogP contribution < -0.4 is 5.32 Å². The summed E-state index contributed by atoms with van der Waals surface area (Å²) in [5, 5.41) is 14.3. The Kier molecular flexibility index (Phi) is 9.61. The summed E-state index contributed by atoms with van der Waals surface area (Å²) in [4.78, 5) is 26.2. The number of esters is 1. The average molecular weight is 653 g/mol. The van der Waals surface area contributed by atoms with E-state index in [9.17, 15) is 18.0 Å². The number of nitrogens with one attached hydrogen (secondary N) is 1. The minimum Gasteiger partial charge on any atom is -0.462 e. The quantitative estimate of drug-likeness (QED) is 0.126. The molecule has 0 atom stereocenters. The van der Waals surface area contributed by atoms with Gasteiger partial charge in [0.15, 0.2) is 20.8 Å². The van der Waals surface area contributed by atoms with Crippen LogP contribution in [-0.4, -0.2) is 47.4 Å². The number of carbonyl (C=O) groups is 2. The molecule has 1 amide bonds. The fourth-order valence-electron chi connectivity index (χ4n) is 4.20. The highest BCUT2D eigenvalue weighted by Crippen LogP contribution is 2.37. The van der Waals surface area contributed by atoms with Gasteiger partial charge >= 0.3 is 5.97 Å². The first kappa shape index (κ1) is 30.5. The Labute approximate surface area is 261 Å². The molecule has 9 nitrogen and oxygen atoms in total. The molecule has 0 bridgehead atoms. The maximum atomic E-state index is 13.1. The maximum absolute atomic E-state index is 13.1. The highest BCUT2D eigenvalue weighted by molar-refractivity contribution is 7.99. The zero-order valence-corrected chi connectivity index (χ0v) is 26.0. The largest absolute Gasteiger partial charge is 0.462 e. The van der Waals surface area contributed by atoms with Crippen LogP contribution in [0.25, 0.3) is 16.8 Å². The number of hydrogen-bond donors (Lipinski definition) is 1. The molecule has 43 heavy (non-hydrogen) atoms. The molecule has 2 heterocycles. The first-order chi connectivity index (χ1) is 20.8. The second kappa shape index (κ2) is 13.6. The van der Waals surface area contributed by atoms with Crippen LogP contribution in [0.15, 0.2) is 100 Å². The van der Waals surface area contributed by atoms with Crippen LogP contribution in [0, 0.1) is 0 Å². The van der Waals surface area contributed by atoms with E-state index >= 15 is 0 Å². The zero-order valence-electron chi connectivity index (χ0n) is 22.8. The summed E-state index contributed by atoms with van der Waals surface area (Å²) >= 11 is 8.34. The molecule has 2 aromatic heterocycles. The lowest BCUT2D eigenvalue weighted by Crippen LogP contribution is -2.17. The van der Waals surface area contributed by atoms with Crippen molar-refractivity contribution in [3.05, 3.63) is 107 Å². The Bertz CT molecular complexity index is 1840. The van der Waals surface area contributed by atoms with Gasteiger partial charge in [-0.25, -0.2) is 13.2 Å². The number of halogens is 1. The van der Waals surface area contributed by atoms with Gasteiger partial charge in [0.25, 0.3) is 0 Å². The minimum atomic E-state index is -3.70. The Morgan fingerprint density at radius 3 is 2.33 bits per heavy atom. The number of carbonyl (C=O) groups excluding carboxylic acids is 2. The lowest BCUT2D eigenvalue weighted by atomic mass is 10.0. The number of amides is 1. The second-order valence-electron chi connectivity index (χ2n) is 9.06. The number of anilines is 1. The van der Waals surface area contributed by atoms with Crippen molar-refractivity contribution in [3.63, 3.8) is 0 Å². The fraction of sp³-hybridized carbons (Fsp3) is 0.133. The van der Waals surface area contributed by atoms with Crippen LogP contribution in [0.3, 0.4) is 0 Å². The molecule has 220 valence electrons. The van der Waals surface area contributed by atoms with Gasteiger partial charge in [-0.15, -0.1) is 21.5 Å². The molecule has 0 unspecified atom stereocenters. The smallest absolute Gasteiger partial charge is 0.341 e. The van der Waals surface area contributed by atoms with Gasteiger partial charge in [0.1, 0.15) is 16.3 Å². The Balaban J connectivity index is 1.38. The molecule has 0 saturated carbocycles. The number of thioether (sulfide) groups is 1. The van der Waals surface area contributed by atoms with Gasteiger partial charge in [0, 0.05) is 21.7 Å². The van der Waals surface area contributed by atoms with E-state index in [2.05, 4.69) is 15.5 Å². The average Bonchev–Trinajstić information content (AvgIpc) is 3.61. The fourth-order valence-corrected chi connectivity index (χ4v) is 7.33. The molecular weight excluding hydrogens is 628 g/mol. The third-order valence-electron chi connectivity index (χ3n) is 6.15. The number of rotatable bonds is 11. The third-order valence-corrected chi connectivity index (χ3v) is 9.85. The molecule has 0 aliphatic rings. The molecule has 3 aromatic carbocycles. The highest BCUT2D eigenvalue weighted by atomic mass is 35.5. The van der Waals surface area contributed by atoms with Crippen molar-refractivity contribution < 1.29 is 22.7 Å². The standard InChI is InChI=1S/C30H25ClN4O5S3/c1-2-40-29(37)27-24(20-13-15-21(31)16-14-20)17-41-28(27)32-26(36)18-42-30-34-33-25(35(30)22-9-5-3-6-10-22)19-43(38,39)23-11-7-4-8-12-23/h3-17H,2,18-19H2,1H3,(H,32,36). The SMILES string of the molecule is CCOC(=O)c1c(-c2ccc(Cl)cc2)csc1NC(=O)CSc1nnc(CS(=O)(=O)c2ccccc2)n1-c1ccccc1. The minimum absolute atomic E-state index is 0.0765. The molecule has 13 heteroatoms. The third kappa shape index (κ3) is 7.16. The van der Waals surface area contributed by atoms with Crippen LogP contribution >= 0.6 is 34.7 Å². The van der Waals surface area contributed by atoms with Crippen LogP contribution in [-0.2, 0) is 25.1 Å². The predicted octanol–water partition coefficient (Wildman–Crippen LogP) is 6.53. The van der Waals surface area contributed by atoms with E-state index < -0.39 is 15.8 Å². The number of aromatic nitrogens is 3. The van der Waals surface area contributed by atoms with Gasteiger partial charge in [-0.1, -0.05) is 71.9 Å². The van der Waals surface area contributed by atoms with Crippen LogP contribution in [0.1, 0.15) is 23.1 Å². The van der Waals surface area contributed by atoms with Gasteiger partial charge < -0.3 is 10.1 Å². The number of thiophene rings is 1. The maximum Gasteiger partial charge on any atom is 0.341 e. The van der Waals surface area contributed by atoms with E-state index in [1.807, 2.05) is 30.3 Å². The molecule has 5 rings (SSSR count). The monoisotopic (exact) mass is 652 g/mol. The number of ether oxygens (including phenoxy) is 1. The van der Waals surface area contributed by atoms with Crippen LogP contribution in [0.4, 0.5) is 5.00 Å². The Hall–Kier alpha value is -3.97. The number of para-hydroxylation sites is 1. The molecule has 1 N–H and O–H groups in total. The molecule has 0 saturated heterocycles. The van der Waals surface area contributed by atoms with Crippen molar-refractivity contribution in [1.29, 1.82) is 0 Å². The summed E-state index contributed by atoms with van der Waals surface area (Å²) in [5.74, 6) is -1.18. The second-order valence-corrected chi connectivity index (χ2v) is 13.3. The van der Waals surface area contributed by atoms with E-state index in [1.54, 1.807) is 59.3 Å². The van der Waals surface area contributed by atoms with Gasteiger partial charge in [-0.2, -0.15) is 0 Å². The van der Waals surface area contributed by atoms with Gasteiger partial charge in [-0.3, -0.25) is 9.36 Å². The first-order valence-electron chi connectivity index (χ1n) is 13.0. The van der Waals surface area contributed by atoms with Crippen molar-refractivity contribution in [2.75, 3.05) is 17.7 Å². The molecule has 0 aliphatic carbocycles. The van der Waals surface area contributed by atoms with E-state index in [4.69, 9.17) is 16.3 Å². The summed E-state index contributed by atoms with van der Waals surface area (Å²) in [5.41, 5.74) is 2.29. The summed E-state index contributed by atoms with van der Waals surface area (Å²) in [6.45, 7) is 1.89. The number of benzene rings is 3. The van der Waals surface area contributed by atoms with Crippen molar-refractivity contribution in [1.82, 2.24) is 14.8 Å². The topological polar surface area (TPSA) is 120 Å². The summed E-state index contributed by atoms with van der Waals surface area (Å²) in [6.07, 6.45) is 0. The van der Waals surface area contributed by atoms with Crippen LogP contribution in [0.5, 0.6) is 0 Å². The molecular formula is C30H25ClN4O5S3. The first-order valence-corrected chi connectivity index (χ1v) is 16.9. The normalized spacial score (nSPS) is 11.3. The van der Waals surface area contributed by atoms with Crippen molar-refractivity contribution in [2.24, 2.45) is 0 Å². The zero-order chi connectivity index (χ0) is 30.4. The molecule has 0 radical (unpaired) electrons. The number of nitrogens with zero attached hydrogens (tertiary/aromatic N) is 3. The molecule has 0 spiro atoms. The lowest BCUT2D eigenvalue weighted by molar-refractivity contribution is -0.113. The van der Waals surface area contributed by atoms with E-state index in [0.717, 1.165) is 17.3 Å². The van der Waals surface area contributed by atoms with E-state index in [1.165, 1.54) is 23.5 Å². The highest BCUT2D eigenvalue weighted by Gasteiger charge is 2.25. The van der Waals surface area contributed by atoms with E-state index in [-0.39, 0.29) is 40.3 Å². The molecule has 0 aliphatic heterocycles.